The highest BCUT2D eigenvalue weighted by molar-refractivity contribution is 9.10. The Balaban J connectivity index is 2.63. The van der Waals surface area contributed by atoms with Gasteiger partial charge in [-0.25, -0.2) is 0 Å². The van der Waals surface area contributed by atoms with Gasteiger partial charge in [0, 0.05) is 18.6 Å². The van der Waals surface area contributed by atoms with Crippen LogP contribution in [0.15, 0.2) is 24.3 Å². The van der Waals surface area contributed by atoms with E-state index in [9.17, 15) is 4.79 Å². The second-order valence-electron chi connectivity index (χ2n) is 3.75. The van der Waals surface area contributed by atoms with Crippen molar-refractivity contribution in [1.82, 2.24) is 4.90 Å². The van der Waals surface area contributed by atoms with Gasteiger partial charge in [0.2, 0.25) is 5.91 Å². The lowest BCUT2D eigenvalue weighted by molar-refractivity contribution is -0.129. The molecule has 1 N–H and O–H groups in total. The summed E-state index contributed by atoms with van der Waals surface area (Å²) in [4.78, 5) is 13.0. The lowest BCUT2D eigenvalue weighted by Crippen LogP contribution is -2.36. The molecule has 0 radical (unpaired) electrons. The third-order valence-electron chi connectivity index (χ3n) is 2.44. The summed E-state index contributed by atoms with van der Waals surface area (Å²) in [7, 11) is 1.67. The third-order valence-corrected chi connectivity index (χ3v) is 3.52. The van der Waals surface area contributed by atoms with E-state index in [2.05, 4.69) is 15.9 Å². The van der Waals surface area contributed by atoms with Gasteiger partial charge in [-0.3, -0.25) is 4.79 Å². The number of hydrogen-bond donors (Lipinski definition) is 1. The molecule has 1 aromatic rings. The Labute approximate surface area is 115 Å². The van der Waals surface area contributed by atoms with Crippen LogP contribution in [-0.2, 0) is 11.2 Å². The standard InChI is InChI=1S/C12H15BrClNO2/c1-15(6-7-16)12(17)10(13)8-9-4-2-3-5-11(9)14/h2-5,10,16H,6-8H2,1H3. The highest BCUT2D eigenvalue weighted by Gasteiger charge is 2.19. The van der Waals surface area contributed by atoms with E-state index in [1.54, 1.807) is 13.1 Å². The Hall–Kier alpha value is -0.580. The predicted molar refractivity (Wildman–Crippen MR) is 72.6 cm³/mol. The van der Waals surface area contributed by atoms with Crippen molar-refractivity contribution in [2.45, 2.75) is 11.2 Å². The number of benzene rings is 1. The van der Waals surface area contributed by atoms with E-state index in [0.29, 0.717) is 18.0 Å². The van der Waals surface area contributed by atoms with Gasteiger partial charge < -0.3 is 10.0 Å². The fourth-order valence-corrected chi connectivity index (χ4v) is 2.35. The Morgan fingerprint density at radius 1 is 1.53 bits per heavy atom. The minimum absolute atomic E-state index is 0.0337. The van der Waals surface area contributed by atoms with Crippen LogP contribution in [0.3, 0.4) is 0 Å². The van der Waals surface area contributed by atoms with Gasteiger partial charge >= 0.3 is 0 Å². The van der Waals surface area contributed by atoms with Crippen molar-refractivity contribution in [2.24, 2.45) is 0 Å². The van der Waals surface area contributed by atoms with Crippen LogP contribution in [0.2, 0.25) is 5.02 Å². The number of nitrogens with zero attached hydrogens (tertiary/aromatic N) is 1. The molecule has 0 bridgehead atoms. The highest BCUT2D eigenvalue weighted by Crippen LogP contribution is 2.20. The normalized spacial score (nSPS) is 12.2. The molecule has 5 heteroatoms. The van der Waals surface area contributed by atoms with Crippen LogP contribution in [0.25, 0.3) is 0 Å². The van der Waals surface area contributed by atoms with Gasteiger partial charge in [0.15, 0.2) is 0 Å². The topological polar surface area (TPSA) is 40.5 Å². The molecule has 3 nitrogen and oxygen atoms in total. The van der Waals surface area contributed by atoms with Gasteiger partial charge in [0.25, 0.3) is 0 Å². The monoisotopic (exact) mass is 319 g/mol. The largest absolute Gasteiger partial charge is 0.395 e. The van der Waals surface area contributed by atoms with E-state index in [0.717, 1.165) is 5.56 Å². The molecule has 1 unspecified atom stereocenters. The van der Waals surface area contributed by atoms with Gasteiger partial charge in [-0.2, -0.15) is 0 Å². The van der Waals surface area contributed by atoms with Crippen LogP contribution in [-0.4, -0.2) is 40.9 Å². The third kappa shape index (κ3) is 4.30. The summed E-state index contributed by atoms with van der Waals surface area (Å²) < 4.78 is 0. The second-order valence-corrected chi connectivity index (χ2v) is 5.26. The fourth-order valence-electron chi connectivity index (χ4n) is 1.44. The average Bonchev–Trinajstić information content (AvgIpc) is 2.31. The maximum Gasteiger partial charge on any atom is 0.236 e. The molecule has 0 aromatic heterocycles. The maximum atomic E-state index is 11.9. The minimum Gasteiger partial charge on any atom is -0.395 e. The van der Waals surface area contributed by atoms with Gasteiger partial charge in [0.1, 0.15) is 0 Å². The molecule has 1 atom stereocenters. The Morgan fingerprint density at radius 2 is 2.18 bits per heavy atom. The number of hydrogen-bond acceptors (Lipinski definition) is 2. The highest BCUT2D eigenvalue weighted by atomic mass is 79.9. The number of aliphatic hydroxyl groups excluding tert-OH is 1. The van der Waals surface area contributed by atoms with Gasteiger partial charge in [0.05, 0.1) is 11.4 Å². The zero-order valence-electron chi connectivity index (χ0n) is 9.57. The first-order chi connectivity index (χ1) is 8.06. The Bertz CT molecular complexity index is 387. The second kappa shape index (κ2) is 6.99. The molecule has 94 valence electrons. The zero-order chi connectivity index (χ0) is 12.8. The van der Waals surface area contributed by atoms with E-state index in [1.807, 2.05) is 18.2 Å². The van der Waals surface area contributed by atoms with Crippen LogP contribution in [0.1, 0.15) is 5.56 Å². The molecule has 0 aliphatic rings. The molecule has 1 rings (SSSR count). The summed E-state index contributed by atoms with van der Waals surface area (Å²) in [5.41, 5.74) is 0.932. The minimum atomic E-state index is -0.320. The number of aliphatic hydroxyl groups is 1. The molecule has 0 aliphatic carbocycles. The van der Waals surface area contributed by atoms with E-state index in [1.165, 1.54) is 4.90 Å². The summed E-state index contributed by atoms with van der Waals surface area (Å²) in [6, 6.07) is 7.45. The van der Waals surface area contributed by atoms with Crippen LogP contribution in [0.5, 0.6) is 0 Å². The Morgan fingerprint density at radius 3 is 2.76 bits per heavy atom. The van der Waals surface area contributed by atoms with Crippen molar-refractivity contribution in [3.8, 4) is 0 Å². The summed E-state index contributed by atoms with van der Waals surface area (Å²) in [6.07, 6.45) is 0.536. The van der Waals surface area contributed by atoms with Crippen molar-refractivity contribution in [1.29, 1.82) is 0 Å². The van der Waals surface area contributed by atoms with E-state index < -0.39 is 0 Å². The molecular weight excluding hydrogens is 305 g/mol. The zero-order valence-corrected chi connectivity index (χ0v) is 11.9. The van der Waals surface area contributed by atoms with Crippen LogP contribution < -0.4 is 0 Å². The van der Waals surface area contributed by atoms with E-state index in [4.69, 9.17) is 16.7 Å². The number of likely N-dealkylation sites (N-methyl/N-ethyl adjacent to an activating group) is 1. The summed E-state index contributed by atoms with van der Waals surface area (Å²) in [5, 5.41) is 9.43. The van der Waals surface area contributed by atoms with Crippen molar-refractivity contribution in [3.63, 3.8) is 0 Å². The number of carbonyl (C=O) groups excluding carboxylic acids is 1. The summed E-state index contributed by atoms with van der Waals surface area (Å²) >= 11 is 9.38. The van der Waals surface area contributed by atoms with Gasteiger partial charge in [-0.1, -0.05) is 45.7 Å². The molecule has 1 amide bonds. The molecule has 0 aliphatic heterocycles. The Kier molecular flexibility index (Phi) is 5.95. The number of alkyl halides is 1. The fraction of sp³-hybridized carbons (Fsp3) is 0.417. The SMILES string of the molecule is CN(CCO)C(=O)C(Br)Cc1ccccc1Cl. The maximum absolute atomic E-state index is 11.9. The quantitative estimate of drug-likeness (QED) is 0.844. The van der Waals surface area contributed by atoms with Crippen molar-refractivity contribution >= 4 is 33.4 Å². The lowest BCUT2D eigenvalue weighted by Gasteiger charge is -2.19. The number of rotatable bonds is 5. The molecule has 17 heavy (non-hydrogen) atoms. The van der Waals surface area contributed by atoms with Crippen molar-refractivity contribution in [2.75, 3.05) is 20.2 Å². The molecule has 0 fully saturated rings. The molecule has 0 spiro atoms. The first kappa shape index (κ1) is 14.5. The van der Waals surface area contributed by atoms with E-state index in [-0.39, 0.29) is 17.3 Å². The van der Waals surface area contributed by atoms with Crippen LogP contribution in [0.4, 0.5) is 0 Å². The van der Waals surface area contributed by atoms with Crippen LogP contribution in [0, 0.1) is 0 Å². The average molecular weight is 321 g/mol. The smallest absolute Gasteiger partial charge is 0.236 e. The van der Waals surface area contributed by atoms with E-state index >= 15 is 0 Å². The molecular formula is C12H15BrClNO2. The molecule has 0 saturated heterocycles. The summed E-state index contributed by atoms with van der Waals surface area (Å²) in [6.45, 7) is 0.303. The van der Waals surface area contributed by atoms with Crippen LogP contribution >= 0.6 is 27.5 Å². The number of carbonyl (C=O) groups is 1. The number of amides is 1. The molecule has 0 heterocycles. The van der Waals surface area contributed by atoms with Gasteiger partial charge in [-0.15, -0.1) is 0 Å². The number of halogens is 2. The molecule has 0 saturated carbocycles. The van der Waals surface area contributed by atoms with Gasteiger partial charge in [-0.05, 0) is 18.1 Å². The first-order valence-electron chi connectivity index (χ1n) is 5.29. The van der Waals surface area contributed by atoms with Crippen molar-refractivity contribution < 1.29 is 9.90 Å². The molecule has 1 aromatic carbocycles. The lowest BCUT2D eigenvalue weighted by atomic mass is 10.1. The first-order valence-corrected chi connectivity index (χ1v) is 6.59. The predicted octanol–water partition coefficient (Wildman–Crippen LogP) is 2.10. The van der Waals surface area contributed by atoms with Crippen molar-refractivity contribution in [3.05, 3.63) is 34.9 Å². The summed E-state index contributed by atoms with van der Waals surface area (Å²) in [5.74, 6) is -0.0565.